The van der Waals surface area contributed by atoms with Crippen LogP contribution in [0.4, 0.5) is 0 Å². The predicted octanol–water partition coefficient (Wildman–Crippen LogP) is 2.85. The van der Waals surface area contributed by atoms with Gasteiger partial charge in [-0.3, -0.25) is 6.08 Å². The van der Waals surface area contributed by atoms with Crippen molar-refractivity contribution in [3.63, 3.8) is 0 Å². The van der Waals surface area contributed by atoms with Gasteiger partial charge in [-0.2, -0.15) is 6.08 Å². The fraction of sp³-hybridized carbons (Fsp3) is 0.414. The molecule has 0 saturated heterocycles. The summed E-state index contributed by atoms with van der Waals surface area (Å²) >= 11 is 0. The summed E-state index contributed by atoms with van der Waals surface area (Å²) in [6.45, 7) is 19.4. The topological polar surface area (TPSA) is 0 Å². The molecule has 0 aromatic heterocycles. The smallest absolute Gasteiger partial charge is 1.00 e. The second-order valence-electron chi connectivity index (χ2n) is 9.25. The molecule has 4 heteroatoms. The summed E-state index contributed by atoms with van der Waals surface area (Å²) in [6.07, 6.45) is 10.0. The van der Waals surface area contributed by atoms with Crippen molar-refractivity contribution >= 4 is 31.8 Å². The predicted molar refractivity (Wildman–Crippen MR) is 139 cm³/mol. The molecule has 0 saturated carbocycles. The van der Waals surface area contributed by atoms with E-state index in [2.05, 4.69) is 106 Å². The zero-order chi connectivity index (χ0) is 22.9. The summed E-state index contributed by atoms with van der Waals surface area (Å²) in [4.78, 5) is 0. The zero-order valence-electron chi connectivity index (χ0n) is 21.7. The van der Waals surface area contributed by atoms with Gasteiger partial charge in [0.2, 0.25) is 0 Å². The normalized spacial score (nSPS) is 11.5. The number of halogens is 2. The third kappa shape index (κ3) is 10.7. The molecule has 0 unspecified atom stereocenters. The van der Waals surface area contributed by atoms with E-state index < -0.39 is 0 Å². The third-order valence-corrected chi connectivity index (χ3v) is 5.02. The van der Waals surface area contributed by atoms with E-state index in [1.54, 1.807) is 6.55 Å². The molecule has 0 amide bonds. The molecular weight excluding hydrogens is 539 g/mol. The minimum atomic E-state index is 0. The van der Waals surface area contributed by atoms with Gasteiger partial charge in [0.25, 0.3) is 0 Å². The SMILES string of the molecule is CC.CC(C)(C)c1ccc2c(c1)[cH-]c1cc(C(C)(C)C)ccc12.C[Si].[C-]1=CC=CC1.[Cl-].[Cl-].[Zr+4]. The van der Waals surface area contributed by atoms with Crippen molar-refractivity contribution in [2.75, 3.05) is 0 Å². The molecule has 1 aliphatic carbocycles. The molecule has 33 heavy (non-hydrogen) atoms. The van der Waals surface area contributed by atoms with Gasteiger partial charge < -0.3 is 24.8 Å². The van der Waals surface area contributed by atoms with Gasteiger partial charge in [-0.25, -0.2) is 12.2 Å². The first-order valence-corrected chi connectivity index (χ1v) is 12.0. The average Bonchev–Trinajstić information content (AvgIpc) is 3.40. The van der Waals surface area contributed by atoms with Gasteiger partial charge in [0, 0.05) is 10.2 Å². The van der Waals surface area contributed by atoms with Crippen molar-refractivity contribution in [3.8, 4) is 0 Å². The maximum absolute atomic E-state index is 2.99. The third-order valence-electron chi connectivity index (χ3n) is 5.02. The summed E-state index contributed by atoms with van der Waals surface area (Å²) in [5.74, 6) is 0. The van der Waals surface area contributed by atoms with Crippen LogP contribution in [0.15, 0.2) is 60.7 Å². The number of allylic oxidation sites excluding steroid dienone is 4. The van der Waals surface area contributed by atoms with E-state index in [9.17, 15) is 0 Å². The van der Waals surface area contributed by atoms with Crippen LogP contribution in [0.3, 0.4) is 0 Å². The Kier molecular flexibility index (Phi) is 19.1. The monoisotopic (exact) mass is 575 g/mol. The summed E-state index contributed by atoms with van der Waals surface area (Å²) in [6, 6.07) is 16.2. The van der Waals surface area contributed by atoms with Crippen LogP contribution in [0.1, 0.15) is 72.9 Å². The van der Waals surface area contributed by atoms with Gasteiger partial charge in [0.15, 0.2) is 0 Å². The molecule has 0 atom stereocenters. The van der Waals surface area contributed by atoms with E-state index in [1.807, 2.05) is 26.0 Å². The van der Waals surface area contributed by atoms with E-state index in [4.69, 9.17) is 0 Å². The Hall–Kier alpha value is -0.530. The van der Waals surface area contributed by atoms with Crippen molar-refractivity contribution in [3.05, 3.63) is 77.9 Å². The average molecular weight is 578 g/mol. The molecule has 3 aromatic rings. The summed E-state index contributed by atoms with van der Waals surface area (Å²) in [5.41, 5.74) is 3.21. The Morgan fingerprint density at radius 3 is 1.39 bits per heavy atom. The Labute approximate surface area is 238 Å². The molecule has 3 aromatic carbocycles. The maximum atomic E-state index is 2.99. The largest absolute Gasteiger partial charge is 4.00 e. The van der Waals surface area contributed by atoms with Gasteiger partial charge in [-0.05, 0) is 10.8 Å². The molecule has 0 bridgehead atoms. The van der Waals surface area contributed by atoms with Crippen LogP contribution in [0.25, 0.3) is 21.5 Å². The van der Waals surface area contributed by atoms with Crippen molar-refractivity contribution in [2.45, 2.75) is 79.2 Å². The second kappa shape index (κ2) is 17.0. The molecule has 4 rings (SSSR count). The van der Waals surface area contributed by atoms with E-state index in [0.29, 0.717) is 0 Å². The van der Waals surface area contributed by atoms with Crippen LogP contribution in [0.5, 0.6) is 0 Å². The first-order chi connectivity index (χ1) is 14.2. The van der Waals surface area contributed by atoms with E-state index in [-0.39, 0.29) is 61.8 Å². The summed E-state index contributed by atoms with van der Waals surface area (Å²) in [7, 11) is 2.97. The van der Waals surface area contributed by atoms with Gasteiger partial charge in [-0.15, -0.1) is 46.2 Å². The summed E-state index contributed by atoms with van der Waals surface area (Å²) < 4.78 is 0. The maximum Gasteiger partial charge on any atom is 4.00 e. The molecule has 0 aliphatic heterocycles. The Morgan fingerprint density at radius 2 is 1.15 bits per heavy atom. The minimum absolute atomic E-state index is 0. The molecule has 3 radical (unpaired) electrons. The molecule has 0 heterocycles. The number of fused-ring (bicyclic) bond motifs is 3. The van der Waals surface area contributed by atoms with E-state index in [0.717, 1.165) is 6.42 Å². The first-order valence-electron chi connectivity index (χ1n) is 11.0. The Balaban J connectivity index is -0.000000648. The van der Waals surface area contributed by atoms with E-state index in [1.165, 1.54) is 32.7 Å². The molecule has 177 valence electrons. The summed E-state index contributed by atoms with van der Waals surface area (Å²) in [5, 5.41) is 5.48. The number of benzene rings is 2. The fourth-order valence-corrected chi connectivity index (χ4v) is 3.30. The Morgan fingerprint density at radius 1 is 0.758 bits per heavy atom. The van der Waals surface area contributed by atoms with Gasteiger partial charge >= 0.3 is 26.2 Å². The number of hydrogen-bond acceptors (Lipinski definition) is 0. The van der Waals surface area contributed by atoms with Gasteiger partial charge in [-0.1, -0.05) is 97.3 Å². The van der Waals surface area contributed by atoms with Gasteiger partial charge in [0.1, 0.15) is 0 Å². The van der Waals surface area contributed by atoms with E-state index >= 15 is 0 Å². The molecular formula is C29H39Cl2SiZr. The zero-order valence-corrected chi connectivity index (χ0v) is 26.7. The first kappa shape index (κ1) is 37.0. The van der Waals surface area contributed by atoms with Crippen LogP contribution in [0.2, 0.25) is 6.55 Å². The standard InChI is InChI=1S/C21H25.C5H5.C2H6.CH3Si.2ClH.Zr/c1-20(2,3)16-7-9-18-14(12-16)11-15-13-17(21(4,5)6)8-10-19(15)18;1-2-4-5-3-1;2*1-2;;;/h7-13H,1-6H3;1-3H,4H2;1-2H3;1H3;2*1H;/q2*-1;;;;;+4/p-2. The second-order valence-corrected chi connectivity index (χ2v) is 9.25. The fourth-order valence-electron chi connectivity index (χ4n) is 3.30. The van der Waals surface area contributed by atoms with Crippen molar-refractivity contribution in [1.29, 1.82) is 0 Å². The van der Waals surface area contributed by atoms with Crippen LogP contribution < -0.4 is 24.8 Å². The molecule has 0 spiro atoms. The van der Waals surface area contributed by atoms with Crippen LogP contribution in [-0.2, 0) is 37.0 Å². The van der Waals surface area contributed by atoms with Crippen LogP contribution >= 0.6 is 0 Å². The molecule has 0 fully saturated rings. The van der Waals surface area contributed by atoms with Crippen molar-refractivity contribution in [1.82, 2.24) is 0 Å². The molecule has 0 nitrogen and oxygen atoms in total. The van der Waals surface area contributed by atoms with Crippen LogP contribution in [-0.4, -0.2) is 10.2 Å². The van der Waals surface area contributed by atoms with Crippen molar-refractivity contribution < 1.29 is 51.0 Å². The quantitative estimate of drug-likeness (QED) is 0.285. The minimum Gasteiger partial charge on any atom is -1.00 e. The number of rotatable bonds is 0. The number of hydrogen-bond donors (Lipinski definition) is 0. The Bertz CT molecular complexity index is 908. The molecule has 0 N–H and O–H groups in total. The molecule has 1 aliphatic rings. The van der Waals surface area contributed by atoms with Gasteiger partial charge in [0.05, 0.1) is 0 Å². The van der Waals surface area contributed by atoms with Crippen molar-refractivity contribution in [2.24, 2.45) is 0 Å². The van der Waals surface area contributed by atoms with Crippen LogP contribution in [0, 0.1) is 6.08 Å².